The first-order valence-electron chi connectivity index (χ1n) is 5.38. The summed E-state index contributed by atoms with van der Waals surface area (Å²) in [7, 11) is 0. The van der Waals surface area contributed by atoms with E-state index in [4.69, 9.17) is 5.26 Å². The molecule has 0 unspecified atom stereocenters. The van der Waals surface area contributed by atoms with Gasteiger partial charge in [0.05, 0.1) is 0 Å². The number of hydrogen-bond donors (Lipinski definition) is 1. The summed E-state index contributed by atoms with van der Waals surface area (Å²) in [5.41, 5.74) is 1.01. The van der Waals surface area contributed by atoms with Crippen LogP contribution in [-0.2, 0) is 16.1 Å². The fourth-order valence-corrected chi connectivity index (χ4v) is 1.12. The van der Waals surface area contributed by atoms with Gasteiger partial charge in [-0.05, 0) is 11.6 Å². The number of ether oxygens (including phenoxy) is 1. The Morgan fingerprint density at radius 2 is 1.89 bits per heavy atom. The van der Waals surface area contributed by atoms with Gasteiger partial charge in [0, 0.05) is 12.4 Å². The van der Waals surface area contributed by atoms with E-state index < -0.39 is 0 Å². The number of anilines is 1. The molecule has 6 heteroatoms. The molecule has 0 radical (unpaired) electrons. The van der Waals surface area contributed by atoms with Crippen molar-refractivity contribution < 1.29 is 9.53 Å². The molecule has 1 aromatic heterocycles. The van der Waals surface area contributed by atoms with Crippen LogP contribution in [-0.4, -0.2) is 16.4 Å². The molecular weight excluding hydrogens is 244 g/mol. The number of benzene rings is 1. The lowest BCUT2D eigenvalue weighted by Crippen LogP contribution is -1.92. The van der Waals surface area contributed by atoms with Gasteiger partial charge in [0.25, 0.3) is 6.47 Å². The first-order chi connectivity index (χ1) is 9.36. The lowest BCUT2D eigenvalue weighted by atomic mass is 10.2. The van der Waals surface area contributed by atoms with Crippen molar-refractivity contribution in [1.82, 2.24) is 9.97 Å². The molecule has 0 fully saturated rings. The van der Waals surface area contributed by atoms with Gasteiger partial charge in [0.2, 0.25) is 5.95 Å². The molecule has 0 aliphatic rings. The van der Waals surface area contributed by atoms with Gasteiger partial charge >= 0.3 is 0 Å². The lowest BCUT2D eigenvalue weighted by molar-refractivity contribution is -0.129. The zero-order valence-corrected chi connectivity index (χ0v) is 10.1. The Bertz CT molecular complexity index is 511. The first kappa shape index (κ1) is 14.1. The summed E-state index contributed by atoms with van der Waals surface area (Å²) in [6.45, 7) is 0.817. The maximum absolute atomic E-state index is 9.76. The molecule has 2 aromatic rings. The Balaban J connectivity index is 0.000000191. The Hall–Kier alpha value is -2.94. The number of rotatable bonds is 4. The fourth-order valence-electron chi connectivity index (χ4n) is 1.12. The second-order valence-electron chi connectivity index (χ2n) is 3.20. The number of nitriles is 1. The maximum Gasteiger partial charge on any atom is 0.293 e. The van der Waals surface area contributed by atoms with Crippen molar-refractivity contribution in [3.05, 3.63) is 54.4 Å². The Morgan fingerprint density at radius 1 is 1.21 bits per heavy atom. The molecule has 96 valence electrons. The third-order valence-electron chi connectivity index (χ3n) is 1.89. The van der Waals surface area contributed by atoms with E-state index >= 15 is 0 Å². The quantitative estimate of drug-likeness (QED) is 0.509. The topological polar surface area (TPSA) is 87.9 Å². The normalized spacial score (nSPS) is 8.37. The number of aromatic nitrogens is 2. The Kier molecular flexibility index (Phi) is 6.78. The first-order valence-corrected chi connectivity index (χ1v) is 5.38. The maximum atomic E-state index is 9.76. The smallest absolute Gasteiger partial charge is 0.293 e. The van der Waals surface area contributed by atoms with Crippen LogP contribution in [0.5, 0.6) is 0 Å². The number of carbonyl (C=O) groups is 1. The van der Waals surface area contributed by atoms with Gasteiger partial charge in [-0.25, -0.2) is 9.97 Å². The van der Waals surface area contributed by atoms with E-state index in [9.17, 15) is 4.79 Å². The van der Waals surface area contributed by atoms with E-state index in [0.29, 0.717) is 19.0 Å². The molecule has 0 bridgehead atoms. The van der Waals surface area contributed by atoms with Crippen LogP contribution in [0, 0.1) is 11.5 Å². The van der Waals surface area contributed by atoms with Crippen molar-refractivity contribution in [1.29, 1.82) is 5.26 Å². The molecule has 0 saturated carbocycles. The summed E-state index contributed by atoms with van der Waals surface area (Å²) in [6, 6.07) is 11.2. The predicted octanol–water partition coefficient (Wildman–Crippen LogP) is 1.73. The molecule has 0 spiro atoms. The molecule has 1 N–H and O–H groups in total. The predicted molar refractivity (Wildman–Crippen MR) is 68.6 cm³/mol. The van der Waals surface area contributed by atoms with Gasteiger partial charge < -0.3 is 4.74 Å². The molecular formula is C13H12N4O2. The molecule has 2 rings (SSSR count). The van der Waals surface area contributed by atoms with E-state index in [1.807, 2.05) is 30.3 Å². The largest absolute Gasteiger partial charge is 0.463 e. The molecule has 0 aliphatic carbocycles. The van der Waals surface area contributed by atoms with E-state index in [1.54, 1.807) is 24.7 Å². The Morgan fingerprint density at radius 3 is 2.47 bits per heavy atom. The van der Waals surface area contributed by atoms with Crippen LogP contribution < -0.4 is 5.32 Å². The highest BCUT2D eigenvalue weighted by atomic mass is 16.5. The van der Waals surface area contributed by atoms with Gasteiger partial charge in [-0.1, -0.05) is 30.3 Å². The van der Waals surface area contributed by atoms with Crippen LogP contribution in [0.15, 0.2) is 48.8 Å². The Labute approximate surface area is 110 Å². The van der Waals surface area contributed by atoms with E-state index in [2.05, 4.69) is 20.0 Å². The van der Waals surface area contributed by atoms with Gasteiger partial charge in [0.1, 0.15) is 6.61 Å². The summed E-state index contributed by atoms with van der Waals surface area (Å²) >= 11 is 0. The number of nitrogens with zero attached hydrogens (tertiary/aromatic N) is 3. The zero-order valence-electron chi connectivity index (χ0n) is 10.1. The number of carbonyl (C=O) groups excluding carboxylic acids is 1. The summed E-state index contributed by atoms with van der Waals surface area (Å²) in [5, 5.41) is 10.4. The molecule has 0 atom stereocenters. The fraction of sp³-hybridized carbons (Fsp3) is 0.0769. The summed E-state index contributed by atoms with van der Waals surface area (Å²) in [5.74, 6) is 0.333. The highest BCUT2D eigenvalue weighted by Gasteiger charge is 1.87. The zero-order chi connectivity index (χ0) is 13.8. The SMILES string of the molecule is N#CNc1ncccn1.O=COCc1ccccc1. The van der Waals surface area contributed by atoms with Gasteiger partial charge in [-0.15, -0.1) is 0 Å². The molecule has 19 heavy (non-hydrogen) atoms. The van der Waals surface area contributed by atoms with Crippen molar-refractivity contribution in [2.24, 2.45) is 0 Å². The average Bonchev–Trinajstić information content (AvgIpc) is 2.48. The highest BCUT2D eigenvalue weighted by Crippen LogP contribution is 1.98. The minimum atomic E-state index is 0.333. The van der Waals surface area contributed by atoms with Crippen LogP contribution in [0.2, 0.25) is 0 Å². The van der Waals surface area contributed by atoms with Gasteiger partial charge in [-0.3, -0.25) is 10.1 Å². The molecule has 0 amide bonds. The minimum absolute atomic E-state index is 0.333. The summed E-state index contributed by atoms with van der Waals surface area (Å²) < 4.78 is 4.54. The highest BCUT2D eigenvalue weighted by molar-refractivity contribution is 5.37. The molecule has 1 aromatic carbocycles. The van der Waals surface area contributed by atoms with Crippen molar-refractivity contribution in [2.75, 3.05) is 5.32 Å². The van der Waals surface area contributed by atoms with Crippen molar-refractivity contribution in [3.8, 4) is 6.19 Å². The number of nitrogens with one attached hydrogen (secondary N) is 1. The lowest BCUT2D eigenvalue weighted by Gasteiger charge is -1.95. The molecule has 0 aliphatic heterocycles. The van der Waals surface area contributed by atoms with E-state index in [-0.39, 0.29) is 0 Å². The van der Waals surface area contributed by atoms with E-state index in [1.165, 1.54) is 0 Å². The van der Waals surface area contributed by atoms with Crippen LogP contribution in [0.3, 0.4) is 0 Å². The van der Waals surface area contributed by atoms with Crippen molar-refractivity contribution >= 4 is 12.4 Å². The molecule has 0 saturated heterocycles. The van der Waals surface area contributed by atoms with Gasteiger partial charge in [0.15, 0.2) is 6.19 Å². The van der Waals surface area contributed by atoms with Gasteiger partial charge in [-0.2, -0.15) is 5.26 Å². The second-order valence-corrected chi connectivity index (χ2v) is 3.20. The van der Waals surface area contributed by atoms with Crippen LogP contribution in [0.1, 0.15) is 5.56 Å². The third kappa shape index (κ3) is 6.38. The minimum Gasteiger partial charge on any atom is -0.463 e. The van der Waals surface area contributed by atoms with Crippen molar-refractivity contribution in [3.63, 3.8) is 0 Å². The average molecular weight is 256 g/mol. The van der Waals surface area contributed by atoms with Crippen LogP contribution in [0.4, 0.5) is 5.95 Å². The van der Waals surface area contributed by atoms with E-state index in [0.717, 1.165) is 5.56 Å². The van der Waals surface area contributed by atoms with Crippen LogP contribution >= 0.6 is 0 Å². The summed E-state index contributed by atoms with van der Waals surface area (Å²) in [6.07, 6.45) is 4.83. The third-order valence-corrected chi connectivity index (χ3v) is 1.89. The molecule has 6 nitrogen and oxygen atoms in total. The second kappa shape index (κ2) is 9.13. The monoisotopic (exact) mass is 256 g/mol. The number of hydrogen-bond acceptors (Lipinski definition) is 6. The van der Waals surface area contributed by atoms with Crippen molar-refractivity contribution in [2.45, 2.75) is 6.61 Å². The standard InChI is InChI=1S/C8H8O2.C5H4N4/c9-7-10-6-8-4-2-1-3-5-8;6-4-9-5-7-2-1-3-8-5/h1-5,7H,6H2;1-3H,(H,7,8,9). The van der Waals surface area contributed by atoms with Crippen LogP contribution in [0.25, 0.3) is 0 Å². The summed E-state index contributed by atoms with van der Waals surface area (Å²) in [4.78, 5) is 17.2. The molecule has 1 heterocycles.